The number of benzene rings is 1. The van der Waals surface area contributed by atoms with Crippen molar-refractivity contribution < 1.29 is 24.5 Å². The average Bonchev–Trinajstić information content (AvgIpc) is 2.27. The average molecular weight is 224 g/mol. The van der Waals surface area contributed by atoms with Crippen LogP contribution < -0.4 is 0 Å². The molecular formula is C11H12O5. The first-order valence-electron chi connectivity index (χ1n) is 4.63. The van der Waals surface area contributed by atoms with Crippen molar-refractivity contribution in [2.45, 2.75) is 12.5 Å². The molecule has 0 spiro atoms. The summed E-state index contributed by atoms with van der Waals surface area (Å²) in [5, 5.41) is 18.2. The van der Waals surface area contributed by atoms with Crippen molar-refractivity contribution in [1.82, 2.24) is 0 Å². The summed E-state index contributed by atoms with van der Waals surface area (Å²) in [7, 11) is 1.22. The number of aliphatic carboxylic acids is 1. The molecule has 0 saturated carbocycles. The van der Waals surface area contributed by atoms with Gasteiger partial charge in [-0.3, -0.25) is 4.79 Å². The van der Waals surface area contributed by atoms with Gasteiger partial charge in [0.05, 0.1) is 25.2 Å². The van der Waals surface area contributed by atoms with E-state index in [2.05, 4.69) is 4.74 Å². The first kappa shape index (κ1) is 12.2. The summed E-state index contributed by atoms with van der Waals surface area (Å²) in [4.78, 5) is 21.8. The Morgan fingerprint density at radius 3 is 2.56 bits per heavy atom. The molecule has 86 valence electrons. The van der Waals surface area contributed by atoms with Crippen LogP contribution in [0.1, 0.15) is 28.4 Å². The van der Waals surface area contributed by atoms with Gasteiger partial charge in [-0.25, -0.2) is 4.79 Å². The van der Waals surface area contributed by atoms with Crippen LogP contribution in [-0.2, 0) is 9.53 Å². The van der Waals surface area contributed by atoms with Gasteiger partial charge in [0.25, 0.3) is 0 Å². The summed E-state index contributed by atoms with van der Waals surface area (Å²) in [6.45, 7) is 0. The molecule has 2 N–H and O–H groups in total. The molecule has 1 rings (SSSR count). The van der Waals surface area contributed by atoms with Crippen molar-refractivity contribution in [3.8, 4) is 0 Å². The molecule has 5 nitrogen and oxygen atoms in total. The highest BCUT2D eigenvalue weighted by molar-refractivity contribution is 5.91. The number of aliphatic hydroxyl groups is 1. The van der Waals surface area contributed by atoms with E-state index in [1.54, 1.807) is 12.1 Å². The molecule has 0 unspecified atom stereocenters. The van der Waals surface area contributed by atoms with Crippen LogP contribution in [0.2, 0.25) is 0 Å². The lowest BCUT2D eigenvalue weighted by molar-refractivity contribution is -0.139. The molecule has 0 aliphatic heterocycles. The third kappa shape index (κ3) is 2.80. The zero-order valence-corrected chi connectivity index (χ0v) is 8.71. The van der Waals surface area contributed by atoms with Crippen LogP contribution >= 0.6 is 0 Å². The molecule has 0 fully saturated rings. The second kappa shape index (κ2) is 5.27. The van der Waals surface area contributed by atoms with Gasteiger partial charge in [0.2, 0.25) is 0 Å². The number of rotatable bonds is 4. The highest BCUT2D eigenvalue weighted by Gasteiger charge is 2.19. The van der Waals surface area contributed by atoms with Gasteiger partial charge in [-0.05, 0) is 11.6 Å². The maximum Gasteiger partial charge on any atom is 0.338 e. The minimum absolute atomic E-state index is 0.179. The maximum absolute atomic E-state index is 11.3. The van der Waals surface area contributed by atoms with Crippen LogP contribution in [0, 0.1) is 0 Å². The van der Waals surface area contributed by atoms with Crippen LogP contribution in [0.5, 0.6) is 0 Å². The van der Waals surface area contributed by atoms with Gasteiger partial charge in [-0.15, -0.1) is 0 Å². The smallest absolute Gasteiger partial charge is 0.338 e. The largest absolute Gasteiger partial charge is 0.481 e. The summed E-state index contributed by atoms with van der Waals surface area (Å²) >= 11 is 0. The number of carboxylic acid groups (broad SMARTS) is 1. The number of hydrogen-bond acceptors (Lipinski definition) is 4. The fraction of sp³-hybridized carbons (Fsp3) is 0.273. The van der Waals surface area contributed by atoms with Gasteiger partial charge < -0.3 is 14.9 Å². The predicted octanol–water partition coefficient (Wildman–Crippen LogP) is 0.981. The van der Waals surface area contributed by atoms with E-state index in [0.717, 1.165) is 0 Å². The number of aliphatic hydroxyl groups excluding tert-OH is 1. The number of carbonyl (C=O) groups is 2. The number of methoxy groups -OCH3 is 1. The number of hydrogen-bond donors (Lipinski definition) is 2. The fourth-order valence-corrected chi connectivity index (χ4v) is 1.36. The topological polar surface area (TPSA) is 83.8 Å². The Labute approximate surface area is 92.3 Å². The lowest BCUT2D eigenvalue weighted by atomic mass is 10.0. The van der Waals surface area contributed by atoms with E-state index in [0.29, 0.717) is 0 Å². The number of carboxylic acids is 1. The predicted molar refractivity (Wildman–Crippen MR) is 55.0 cm³/mol. The highest BCUT2D eigenvalue weighted by Crippen LogP contribution is 2.21. The molecule has 0 aliphatic rings. The molecule has 0 bridgehead atoms. The highest BCUT2D eigenvalue weighted by atomic mass is 16.5. The number of esters is 1. The van der Waals surface area contributed by atoms with Gasteiger partial charge in [-0.1, -0.05) is 18.2 Å². The van der Waals surface area contributed by atoms with Crippen LogP contribution in [0.25, 0.3) is 0 Å². The van der Waals surface area contributed by atoms with E-state index < -0.39 is 24.5 Å². The summed E-state index contributed by atoms with van der Waals surface area (Å²) in [5.74, 6) is -1.73. The van der Waals surface area contributed by atoms with E-state index in [9.17, 15) is 14.7 Å². The molecule has 16 heavy (non-hydrogen) atoms. The van der Waals surface area contributed by atoms with Gasteiger partial charge in [0.1, 0.15) is 0 Å². The summed E-state index contributed by atoms with van der Waals surface area (Å²) in [6.07, 6.45) is -1.67. The quantitative estimate of drug-likeness (QED) is 0.745. The Morgan fingerprint density at radius 2 is 2.00 bits per heavy atom. The lowest BCUT2D eigenvalue weighted by Crippen LogP contribution is -2.11. The second-order valence-electron chi connectivity index (χ2n) is 3.19. The molecule has 1 atom stereocenters. The van der Waals surface area contributed by atoms with Crippen LogP contribution in [-0.4, -0.2) is 29.3 Å². The SMILES string of the molecule is COC(=O)c1ccccc1[C@@H](O)CC(=O)O. The molecule has 1 aromatic carbocycles. The van der Waals surface area contributed by atoms with Crippen molar-refractivity contribution in [2.75, 3.05) is 7.11 Å². The number of ether oxygens (including phenoxy) is 1. The molecule has 0 amide bonds. The first-order chi connectivity index (χ1) is 7.56. The van der Waals surface area contributed by atoms with Crippen LogP contribution in [0.4, 0.5) is 0 Å². The number of carbonyl (C=O) groups excluding carboxylic acids is 1. The standard InChI is InChI=1S/C11H12O5/c1-16-11(15)8-5-3-2-4-7(8)9(12)6-10(13)14/h2-5,9,12H,6H2,1H3,(H,13,14)/t9-/m0/s1. The van der Waals surface area contributed by atoms with Gasteiger partial charge in [0, 0.05) is 0 Å². The first-order valence-corrected chi connectivity index (χ1v) is 4.63. The van der Waals surface area contributed by atoms with Crippen LogP contribution in [0.15, 0.2) is 24.3 Å². The molecule has 1 aromatic rings. The molecule has 0 saturated heterocycles. The molecule has 0 aliphatic carbocycles. The van der Waals surface area contributed by atoms with E-state index in [-0.39, 0.29) is 11.1 Å². The van der Waals surface area contributed by atoms with Crippen molar-refractivity contribution in [3.63, 3.8) is 0 Å². The molecule has 0 heterocycles. The zero-order chi connectivity index (χ0) is 12.1. The molecular weight excluding hydrogens is 212 g/mol. The third-order valence-corrected chi connectivity index (χ3v) is 2.09. The Kier molecular flexibility index (Phi) is 4.02. The maximum atomic E-state index is 11.3. The zero-order valence-electron chi connectivity index (χ0n) is 8.71. The van der Waals surface area contributed by atoms with Gasteiger partial charge in [0.15, 0.2) is 0 Å². The Morgan fingerprint density at radius 1 is 1.38 bits per heavy atom. The van der Waals surface area contributed by atoms with E-state index in [4.69, 9.17) is 5.11 Å². The monoisotopic (exact) mass is 224 g/mol. The van der Waals surface area contributed by atoms with Gasteiger partial charge >= 0.3 is 11.9 Å². The minimum atomic E-state index is -1.22. The Bertz CT molecular complexity index is 399. The summed E-state index contributed by atoms with van der Waals surface area (Å²) in [6, 6.07) is 6.21. The lowest BCUT2D eigenvalue weighted by Gasteiger charge is -2.12. The third-order valence-electron chi connectivity index (χ3n) is 2.09. The van der Waals surface area contributed by atoms with Crippen molar-refractivity contribution in [2.24, 2.45) is 0 Å². The second-order valence-corrected chi connectivity index (χ2v) is 3.19. The van der Waals surface area contributed by atoms with Gasteiger partial charge in [-0.2, -0.15) is 0 Å². The Balaban J connectivity index is 3.03. The molecule has 0 aromatic heterocycles. The van der Waals surface area contributed by atoms with E-state index in [1.165, 1.54) is 19.2 Å². The molecule has 0 radical (unpaired) electrons. The van der Waals surface area contributed by atoms with Crippen molar-refractivity contribution in [1.29, 1.82) is 0 Å². The normalized spacial score (nSPS) is 11.9. The Hall–Kier alpha value is -1.88. The summed E-state index contributed by atoms with van der Waals surface area (Å²) < 4.78 is 4.53. The van der Waals surface area contributed by atoms with Crippen LogP contribution in [0.3, 0.4) is 0 Å². The van der Waals surface area contributed by atoms with Crippen molar-refractivity contribution in [3.05, 3.63) is 35.4 Å². The van der Waals surface area contributed by atoms with E-state index >= 15 is 0 Å². The fourth-order valence-electron chi connectivity index (χ4n) is 1.36. The van der Waals surface area contributed by atoms with Crippen molar-refractivity contribution >= 4 is 11.9 Å². The minimum Gasteiger partial charge on any atom is -0.481 e. The molecule has 5 heteroatoms. The van der Waals surface area contributed by atoms with E-state index in [1.807, 2.05) is 0 Å². The summed E-state index contributed by atoms with van der Waals surface area (Å²) in [5.41, 5.74) is 0.440.